The highest BCUT2D eigenvalue weighted by Crippen LogP contribution is 2.32. The van der Waals surface area contributed by atoms with E-state index in [2.05, 4.69) is 73.8 Å². The fraction of sp³-hybridized carbons (Fsp3) is 0.115. The number of aromatic carboxylic acids is 1. The van der Waals surface area contributed by atoms with Crippen molar-refractivity contribution in [2.24, 2.45) is 0 Å². The topological polar surface area (TPSA) is 37.3 Å². The van der Waals surface area contributed by atoms with Gasteiger partial charge in [0.15, 0.2) is 0 Å². The van der Waals surface area contributed by atoms with Crippen LogP contribution in [0.3, 0.4) is 0 Å². The SMILES string of the molecule is C[Si]1(C)CC=C(c2ccccc2)c2cc(/C=C/c3ccc(C(=O)O)cc3)ccc21. The van der Waals surface area contributed by atoms with E-state index in [9.17, 15) is 4.79 Å². The molecule has 1 N–H and O–H groups in total. The first-order valence-corrected chi connectivity index (χ1v) is 13.1. The maximum atomic E-state index is 11.0. The molecule has 0 spiro atoms. The van der Waals surface area contributed by atoms with Crippen molar-refractivity contribution in [3.8, 4) is 0 Å². The molecule has 144 valence electrons. The minimum absolute atomic E-state index is 0.306. The zero-order valence-electron chi connectivity index (χ0n) is 16.7. The fourth-order valence-electron chi connectivity index (χ4n) is 3.88. The van der Waals surface area contributed by atoms with Crippen molar-refractivity contribution in [1.29, 1.82) is 0 Å². The molecule has 0 aliphatic carbocycles. The van der Waals surface area contributed by atoms with E-state index in [1.807, 2.05) is 18.2 Å². The summed E-state index contributed by atoms with van der Waals surface area (Å²) in [6.07, 6.45) is 6.55. The summed E-state index contributed by atoms with van der Waals surface area (Å²) in [4.78, 5) is 11.0. The summed E-state index contributed by atoms with van der Waals surface area (Å²) in [5.41, 5.74) is 6.39. The van der Waals surface area contributed by atoms with E-state index in [1.165, 1.54) is 21.9 Å². The smallest absolute Gasteiger partial charge is 0.335 e. The van der Waals surface area contributed by atoms with Crippen LogP contribution in [0.15, 0.2) is 78.9 Å². The molecule has 3 aromatic rings. The number of carboxylic acids is 1. The molecule has 0 bridgehead atoms. The van der Waals surface area contributed by atoms with E-state index in [4.69, 9.17) is 5.11 Å². The lowest BCUT2D eigenvalue weighted by Crippen LogP contribution is -2.44. The number of carboxylic acid groups (broad SMARTS) is 1. The molecule has 0 unspecified atom stereocenters. The van der Waals surface area contributed by atoms with Gasteiger partial charge in [-0.15, -0.1) is 0 Å². The predicted molar refractivity (Wildman–Crippen MR) is 124 cm³/mol. The minimum Gasteiger partial charge on any atom is -0.478 e. The van der Waals surface area contributed by atoms with Gasteiger partial charge in [0.05, 0.1) is 13.6 Å². The average Bonchev–Trinajstić information content (AvgIpc) is 2.73. The van der Waals surface area contributed by atoms with Gasteiger partial charge in [0.1, 0.15) is 0 Å². The Morgan fingerprint density at radius 1 is 0.897 bits per heavy atom. The quantitative estimate of drug-likeness (QED) is 0.439. The van der Waals surface area contributed by atoms with Crippen LogP contribution < -0.4 is 5.19 Å². The zero-order chi connectivity index (χ0) is 20.4. The number of carbonyl (C=O) groups is 1. The first-order chi connectivity index (χ1) is 13.9. The number of allylic oxidation sites excluding steroid dienone is 1. The molecule has 0 fully saturated rings. The highest BCUT2D eigenvalue weighted by molar-refractivity contribution is 6.91. The number of fused-ring (bicyclic) bond motifs is 1. The molecule has 0 amide bonds. The summed E-state index contributed by atoms with van der Waals surface area (Å²) in [6, 6.07) is 25.5. The van der Waals surface area contributed by atoms with E-state index in [1.54, 1.807) is 12.1 Å². The predicted octanol–water partition coefficient (Wildman–Crippen LogP) is 5.92. The molecule has 0 saturated heterocycles. The van der Waals surface area contributed by atoms with Gasteiger partial charge >= 0.3 is 5.97 Å². The second kappa shape index (κ2) is 7.68. The largest absolute Gasteiger partial charge is 0.478 e. The standard InChI is InChI=1S/C26H24O2Si/c1-29(2)17-16-23(21-6-4-3-5-7-21)24-18-20(12-15-25(24)29)9-8-19-10-13-22(14-11-19)26(27)28/h3-16,18H,17H2,1-2H3,(H,27,28)/b9-8+. The number of hydrogen-bond acceptors (Lipinski definition) is 1. The highest BCUT2D eigenvalue weighted by atomic mass is 28.3. The molecule has 0 aromatic heterocycles. The Morgan fingerprint density at radius 3 is 2.24 bits per heavy atom. The van der Waals surface area contributed by atoms with Gasteiger partial charge < -0.3 is 5.11 Å². The van der Waals surface area contributed by atoms with Crippen molar-refractivity contribution in [3.63, 3.8) is 0 Å². The molecule has 3 heteroatoms. The molecule has 0 radical (unpaired) electrons. The Hall–Kier alpha value is -3.17. The third-order valence-corrected chi connectivity index (χ3v) is 8.71. The maximum Gasteiger partial charge on any atom is 0.335 e. The molecular formula is C26H24O2Si. The van der Waals surface area contributed by atoms with E-state index < -0.39 is 14.0 Å². The van der Waals surface area contributed by atoms with Crippen LogP contribution in [0.4, 0.5) is 0 Å². The van der Waals surface area contributed by atoms with Crippen molar-refractivity contribution in [2.45, 2.75) is 19.1 Å². The molecule has 29 heavy (non-hydrogen) atoms. The normalized spacial score (nSPS) is 15.0. The van der Waals surface area contributed by atoms with Crippen molar-refractivity contribution < 1.29 is 9.90 Å². The second-order valence-electron chi connectivity index (χ2n) is 8.14. The Kier molecular flexibility index (Phi) is 5.08. The fourth-order valence-corrected chi connectivity index (χ4v) is 6.28. The Labute approximate surface area is 172 Å². The minimum atomic E-state index is -1.47. The monoisotopic (exact) mass is 396 g/mol. The van der Waals surface area contributed by atoms with Gasteiger partial charge in [-0.2, -0.15) is 0 Å². The lowest BCUT2D eigenvalue weighted by atomic mass is 9.95. The van der Waals surface area contributed by atoms with Gasteiger partial charge in [0, 0.05) is 0 Å². The van der Waals surface area contributed by atoms with Crippen molar-refractivity contribution in [3.05, 3.63) is 107 Å². The summed E-state index contributed by atoms with van der Waals surface area (Å²) >= 11 is 0. The summed E-state index contributed by atoms with van der Waals surface area (Å²) in [5.74, 6) is -0.901. The summed E-state index contributed by atoms with van der Waals surface area (Å²) in [6.45, 7) is 4.87. The summed E-state index contributed by atoms with van der Waals surface area (Å²) < 4.78 is 0. The van der Waals surface area contributed by atoms with Crippen LogP contribution in [-0.4, -0.2) is 19.1 Å². The Balaban J connectivity index is 1.69. The Bertz CT molecular complexity index is 1110. The summed E-state index contributed by atoms with van der Waals surface area (Å²) in [7, 11) is -1.47. The zero-order valence-corrected chi connectivity index (χ0v) is 17.7. The molecular weight excluding hydrogens is 372 g/mol. The van der Waals surface area contributed by atoms with E-state index >= 15 is 0 Å². The highest BCUT2D eigenvalue weighted by Gasteiger charge is 2.30. The molecule has 2 nitrogen and oxygen atoms in total. The van der Waals surface area contributed by atoms with Crippen LogP contribution in [0.5, 0.6) is 0 Å². The molecule has 3 aromatic carbocycles. The van der Waals surface area contributed by atoms with Crippen LogP contribution in [-0.2, 0) is 0 Å². The number of benzene rings is 3. The van der Waals surface area contributed by atoms with Crippen LogP contribution in [0, 0.1) is 0 Å². The molecule has 1 heterocycles. The lowest BCUT2D eigenvalue weighted by molar-refractivity contribution is 0.0697. The van der Waals surface area contributed by atoms with Crippen molar-refractivity contribution >= 4 is 37.0 Å². The van der Waals surface area contributed by atoms with Crippen molar-refractivity contribution in [2.75, 3.05) is 0 Å². The van der Waals surface area contributed by atoms with Gasteiger partial charge in [-0.25, -0.2) is 4.79 Å². The van der Waals surface area contributed by atoms with Crippen LogP contribution in [0.1, 0.15) is 32.6 Å². The lowest BCUT2D eigenvalue weighted by Gasteiger charge is -2.31. The second-order valence-corrected chi connectivity index (χ2v) is 12.9. The van der Waals surface area contributed by atoms with Gasteiger partial charge in [-0.05, 0) is 52.1 Å². The van der Waals surface area contributed by atoms with E-state index in [0.717, 1.165) is 17.2 Å². The first-order valence-electron chi connectivity index (χ1n) is 9.86. The molecule has 0 saturated carbocycles. The van der Waals surface area contributed by atoms with Gasteiger partial charge in [-0.3, -0.25) is 0 Å². The van der Waals surface area contributed by atoms with Crippen LogP contribution in [0.2, 0.25) is 19.1 Å². The van der Waals surface area contributed by atoms with Crippen LogP contribution >= 0.6 is 0 Å². The molecule has 0 atom stereocenters. The average molecular weight is 397 g/mol. The van der Waals surface area contributed by atoms with Crippen molar-refractivity contribution in [1.82, 2.24) is 0 Å². The summed E-state index contributed by atoms with van der Waals surface area (Å²) in [5, 5.41) is 10.6. The van der Waals surface area contributed by atoms with Gasteiger partial charge in [0.2, 0.25) is 0 Å². The van der Waals surface area contributed by atoms with E-state index in [0.29, 0.717) is 5.56 Å². The van der Waals surface area contributed by atoms with E-state index in [-0.39, 0.29) is 0 Å². The third-order valence-electron chi connectivity index (χ3n) is 5.59. The first kappa shape index (κ1) is 19.2. The maximum absolute atomic E-state index is 11.0. The number of hydrogen-bond donors (Lipinski definition) is 1. The molecule has 1 aliphatic rings. The number of rotatable bonds is 4. The molecule has 1 aliphatic heterocycles. The van der Waals surface area contributed by atoms with Gasteiger partial charge in [-0.1, -0.05) is 91.1 Å². The Morgan fingerprint density at radius 2 is 1.55 bits per heavy atom. The van der Waals surface area contributed by atoms with Gasteiger partial charge in [0.25, 0.3) is 0 Å². The van der Waals surface area contributed by atoms with Crippen LogP contribution in [0.25, 0.3) is 17.7 Å². The third kappa shape index (κ3) is 4.01. The molecule has 4 rings (SSSR count).